The number of hydrogen-bond donors (Lipinski definition) is 3. The summed E-state index contributed by atoms with van der Waals surface area (Å²) in [4.78, 5) is 57.4. The number of carbonyl (C=O) groups excluding carboxylic acids is 4. The topological polar surface area (TPSA) is 148 Å². The Hall–Kier alpha value is -3.51. The van der Waals surface area contributed by atoms with E-state index in [4.69, 9.17) is 16.4 Å². The molecule has 0 saturated carbocycles. The third-order valence-electron chi connectivity index (χ3n) is 4.21. The van der Waals surface area contributed by atoms with Gasteiger partial charge in [0.25, 0.3) is 5.91 Å². The summed E-state index contributed by atoms with van der Waals surface area (Å²) in [7, 11) is 1.17. The summed E-state index contributed by atoms with van der Waals surface area (Å²) in [6, 6.07) is 6.98. The zero-order valence-electron chi connectivity index (χ0n) is 16.7. The second-order valence-electron chi connectivity index (χ2n) is 6.38. The highest BCUT2D eigenvalue weighted by Gasteiger charge is 2.46. The van der Waals surface area contributed by atoms with Gasteiger partial charge in [-0.05, 0) is 5.56 Å². The Morgan fingerprint density at radius 1 is 1.28 bits per heavy atom. The van der Waals surface area contributed by atoms with Gasteiger partial charge in [0.15, 0.2) is 16.9 Å². The maximum atomic E-state index is 12.9. The second-order valence-corrected chi connectivity index (χ2v) is 7.50. The van der Waals surface area contributed by atoms with Crippen molar-refractivity contribution in [3.8, 4) is 0 Å². The van der Waals surface area contributed by atoms with Gasteiger partial charge in [0, 0.05) is 5.38 Å². The van der Waals surface area contributed by atoms with Crippen LogP contribution in [0.15, 0.2) is 40.9 Å². The molecule has 168 valence electrons. The van der Waals surface area contributed by atoms with E-state index in [1.54, 1.807) is 0 Å². The standard InChI is InChI=1S/C19H18ClN5O6S/c1-30-18(29)15-14(17(28)24-15)23-16(27)13(25-31-8-10-5-3-2-4-6-10)11-9-32-19(21-11)22-12(26)7-20/h2-6,9,14-15H,7-8H2,1H3,(H,23,27)(H,24,28)(H,21,22,26)/t14-,15-/m1/s1. The number of thiazole rings is 1. The first-order valence-electron chi connectivity index (χ1n) is 9.17. The number of nitrogens with zero attached hydrogens (tertiary/aromatic N) is 2. The predicted octanol–water partition coefficient (Wildman–Crippen LogP) is 0.398. The fraction of sp³-hybridized carbons (Fsp3) is 0.263. The van der Waals surface area contributed by atoms with Crippen LogP contribution < -0.4 is 16.0 Å². The monoisotopic (exact) mass is 479 g/mol. The Labute approximate surface area is 191 Å². The number of methoxy groups -OCH3 is 1. The molecule has 1 aliphatic rings. The average Bonchev–Trinajstić information content (AvgIpc) is 3.26. The van der Waals surface area contributed by atoms with Crippen molar-refractivity contribution in [2.45, 2.75) is 18.7 Å². The molecule has 13 heteroatoms. The Balaban J connectivity index is 1.78. The third kappa shape index (κ3) is 5.59. The van der Waals surface area contributed by atoms with E-state index in [1.165, 1.54) is 12.5 Å². The van der Waals surface area contributed by atoms with Crippen molar-refractivity contribution in [1.82, 2.24) is 15.6 Å². The van der Waals surface area contributed by atoms with Gasteiger partial charge in [-0.25, -0.2) is 9.78 Å². The zero-order chi connectivity index (χ0) is 23.1. The third-order valence-corrected chi connectivity index (χ3v) is 5.22. The molecular formula is C19H18ClN5O6S. The van der Waals surface area contributed by atoms with Gasteiger partial charge >= 0.3 is 5.97 Å². The lowest BCUT2D eigenvalue weighted by Gasteiger charge is -2.34. The lowest BCUT2D eigenvalue weighted by molar-refractivity contribution is -0.153. The number of ether oxygens (including phenoxy) is 1. The summed E-state index contributed by atoms with van der Waals surface area (Å²) in [5.41, 5.74) is 0.667. The maximum Gasteiger partial charge on any atom is 0.331 e. The van der Waals surface area contributed by atoms with Gasteiger partial charge in [-0.2, -0.15) is 0 Å². The van der Waals surface area contributed by atoms with E-state index in [0.29, 0.717) is 0 Å². The molecule has 0 spiro atoms. The van der Waals surface area contributed by atoms with Gasteiger partial charge in [-0.3, -0.25) is 14.4 Å². The molecule has 0 aliphatic carbocycles. The van der Waals surface area contributed by atoms with E-state index < -0.39 is 35.8 Å². The number of nitrogens with one attached hydrogen (secondary N) is 3. The largest absolute Gasteiger partial charge is 0.467 e. The number of rotatable bonds is 9. The number of benzene rings is 1. The molecule has 2 atom stereocenters. The van der Waals surface area contributed by atoms with Crippen molar-refractivity contribution in [3.05, 3.63) is 47.0 Å². The number of alkyl halides is 1. The fourth-order valence-electron chi connectivity index (χ4n) is 2.60. The first kappa shape index (κ1) is 23.2. The van der Waals surface area contributed by atoms with Crippen molar-refractivity contribution in [1.29, 1.82) is 0 Å². The number of oxime groups is 1. The molecule has 0 bridgehead atoms. The number of carbonyl (C=O) groups is 4. The highest BCUT2D eigenvalue weighted by atomic mass is 35.5. The Morgan fingerprint density at radius 2 is 2.03 bits per heavy atom. The van der Waals surface area contributed by atoms with Gasteiger partial charge < -0.3 is 25.5 Å². The van der Waals surface area contributed by atoms with Gasteiger partial charge in [-0.1, -0.05) is 35.5 Å². The predicted molar refractivity (Wildman–Crippen MR) is 115 cm³/mol. The van der Waals surface area contributed by atoms with Crippen LogP contribution in [0.3, 0.4) is 0 Å². The zero-order valence-corrected chi connectivity index (χ0v) is 18.2. The molecule has 1 aliphatic heterocycles. The summed E-state index contributed by atoms with van der Waals surface area (Å²) < 4.78 is 4.60. The normalized spacial score (nSPS) is 17.6. The molecular weight excluding hydrogens is 462 g/mol. The minimum Gasteiger partial charge on any atom is -0.467 e. The second kappa shape index (κ2) is 10.7. The molecule has 2 heterocycles. The lowest BCUT2D eigenvalue weighted by Crippen LogP contribution is -2.72. The van der Waals surface area contributed by atoms with Crippen molar-refractivity contribution in [2.75, 3.05) is 18.3 Å². The molecule has 1 aromatic heterocycles. The number of anilines is 1. The molecule has 11 nitrogen and oxygen atoms in total. The summed E-state index contributed by atoms with van der Waals surface area (Å²) in [6.45, 7) is 0.0757. The van der Waals surface area contributed by atoms with Crippen LogP contribution in [0.25, 0.3) is 0 Å². The highest BCUT2D eigenvalue weighted by molar-refractivity contribution is 7.14. The average molecular weight is 480 g/mol. The van der Waals surface area contributed by atoms with Crippen molar-refractivity contribution in [3.63, 3.8) is 0 Å². The van der Waals surface area contributed by atoms with Crippen molar-refractivity contribution < 1.29 is 28.8 Å². The van der Waals surface area contributed by atoms with E-state index in [2.05, 4.69) is 30.8 Å². The van der Waals surface area contributed by atoms with E-state index in [0.717, 1.165) is 16.9 Å². The van der Waals surface area contributed by atoms with Crippen molar-refractivity contribution in [2.24, 2.45) is 5.16 Å². The smallest absolute Gasteiger partial charge is 0.331 e. The summed E-state index contributed by atoms with van der Waals surface area (Å²) >= 11 is 6.52. The SMILES string of the molecule is COC(=O)[C@@H]1NC(=O)[C@@H]1NC(=O)C(=NOCc1ccccc1)c1csc(NC(=O)CCl)n1. The molecule has 1 saturated heterocycles. The number of aromatic nitrogens is 1. The number of β-lactam (4-membered cyclic amide) rings is 1. The minimum absolute atomic E-state index is 0.0757. The molecule has 3 N–H and O–H groups in total. The van der Waals surface area contributed by atoms with Crippen LogP contribution in [-0.2, 0) is 35.4 Å². The molecule has 2 aromatic rings. The summed E-state index contributed by atoms with van der Waals surface area (Å²) in [5.74, 6) is -2.78. The maximum absolute atomic E-state index is 12.9. The van der Waals surface area contributed by atoms with E-state index >= 15 is 0 Å². The van der Waals surface area contributed by atoms with Gasteiger partial charge in [0.1, 0.15) is 24.2 Å². The van der Waals surface area contributed by atoms with Crippen LogP contribution in [0.4, 0.5) is 5.13 Å². The van der Waals surface area contributed by atoms with Crippen LogP contribution in [0.1, 0.15) is 11.3 Å². The summed E-state index contributed by atoms with van der Waals surface area (Å²) in [6.07, 6.45) is 0. The van der Waals surface area contributed by atoms with Crippen molar-refractivity contribution >= 4 is 57.5 Å². The first-order chi connectivity index (χ1) is 15.4. The molecule has 32 heavy (non-hydrogen) atoms. The highest BCUT2D eigenvalue weighted by Crippen LogP contribution is 2.17. The Morgan fingerprint density at radius 3 is 2.69 bits per heavy atom. The number of hydrogen-bond acceptors (Lipinski definition) is 9. The summed E-state index contributed by atoms with van der Waals surface area (Å²) in [5, 5.41) is 12.8. The molecule has 3 rings (SSSR count). The quantitative estimate of drug-likeness (QED) is 0.155. The van der Waals surface area contributed by atoms with Gasteiger partial charge in [-0.15, -0.1) is 22.9 Å². The fourth-order valence-corrected chi connectivity index (χ4v) is 3.38. The van der Waals surface area contributed by atoms with Crippen LogP contribution in [-0.4, -0.2) is 59.5 Å². The van der Waals surface area contributed by atoms with Crippen LogP contribution in [0, 0.1) is 0 Å². The first-order valence-corrected chi connectivity index (χ1v) is 10.6. The molecule has 3 amide bonds. The van der Waals surface area contributed by atoms with Crippen LogP contribution in [0.5, 0.6) is 0 Å². The van der Waals surface area contributed by atoms with E-state index in [1.807, 2.05) is 30.3 Å². The molecule has 1 fully saturated rings. The number of halogens is 1. The molecule has 1 aromatic carbocycles. The molecule has 0 unspecified atom stereocenters. The van der Waals surface area contributed by atoms with E-state index in [-0.39, 0.29) is 29.0 Å². The van der Waals surface area contributed by atoms with Crippen LogP contribution >= 0.6 is 22.9 Å². The number of esters is 1. The Bertz CT molecular complexity index is 1040. The number of amides is 3. The van der Waals surface area contributed by atoms with E-state index in [9.17, 15) is 19.2 Å². The minimum atomic E-state index is -1.14. The van der Waals surface area contributed by atoms with Gasteiger partial charge in [0.05, 0.1) is 7.11 Å². The van der Waals surface area contributed by atoms with Gasteiger partial charge in [0.2, 0.25) is 11.8 Å². The Kier molecular flexibility index (Phi) is 7.73. The van der Waals surface area contributed by atoms with Crippen LogP contribution in [0.2, 0.25) is 0 Å². The molecule has 0 radical (unpaired) electrons. The lowest BCUT2D eigenvalue weighted by atomic mass is 9.99.